The highest BCUT2D eigenvalue weighted by molar-refractivity contribution is 7.14. The number of piperazine rings is 1. The molecule has 23 heteroatoms. The number of aliphatic hydroxyl groups is 1. The molecule has 4 aromatic rings. The average Bonchev–Trinajstić information content (AvgIpc) is 3.95. The Bertz CT molecular complexity index is 2540. The number of piperidine rings is 1. The molecule has 0 saturated carbocycles. The summed E-state index contributed by atoms with van der Waals surface area (Å²) in [6, 6.07) is 14.0. The van der Waals surface area contributed by atoms with Crippen LogP contribution in [0.15, 0.2) is 66.2 Å². The van der Waals surface area contributed by atoms with Crippen LogP contribution >= 0.6 is 11.3 Å². The lowest BCUT2D eigenvalue weighted by Crippen LogP contribution is -2.54. The van der Waals surface area contributed by atoms with Crippen molar-refractivity contribution in [3.63, 3.8) is 0 Å². The number of nitrogens with one attached hydrogen (secondary N) is 5. The van der Waals surface area contributed by atoms with Gasteiger partial charge < -0.3 is 44.5 Å². The highest BCUT2D eigenvalue weighted by Gasteiger charge is 2.45. The fourth-order valence-corrected chi connectivity index (χ4v) is 8.69. The van der Waals surface area contributed by atoms with Gasteiger partial charge in [0.2, 0.25) is 17.7 Å². The van der Waals surface area contributed by atoms with Crippen molar-refractivity contribution >= 4 is 63.5 Å². The van der Waals surface area contributed by atoms with Crippen LogP contribution in [-0.4, -0.2) is 183 Å². The molecule has 0 spiro atoms. The number of aliphatic hydroxyl groups excluding tert-OH is 1. The van der Waals surface area contributed by atoms with Crippen LogP contribution < -0.4 is 31.3 Å². The number of unbranched alkanes of at least 4 members (excludes halogenated alkanes) is 2. The number of benzene rings is 2. The molecule has 0 aliphatic carbocycles. The van der Waals surface area contributed by atoms with Gasteiger partial charge in [0.1, 0.15) is 36.9 Å². The number of anilines is 2. The number of imide groups is 2. The average molecular weight is 1010 g/mol. The van der Waals surface area contributed by atoms with Crippen molar-refractivity contribution in [3.8, 4) is 17.1 Å². The number of carbonyl (C=O) groups is 7. The van der Waals surface area contributed by atoms with Gasteiger partial charge in [-0.25, -0.2) is 4.98 Å². The maximum atomic E-state index is 13.6. The molecule has 3 aliphatic rings. The standard InChI is InChI=1S/C49H60N10O12S/c1-57-17-19-58(20-18-57)46(65)33-26-32(44(63)56-49-54-38(31-72-49)36-9-3-6-14-50-36)27-34(28-33)71-30-42(62)53-16-21-68-22-23-69-24-25-70-29-41(61)52-15-5-2-4-13-51-37-10-7-8-35-43(37)48(67)59(47(35)66)39-11-12-40(60)55-45(39)64/h3,6-10,14,26-28,31,39,42,51,53,62H,2,4-5,11-13,15-25,29-30H2,1H3,(H,52,61)(H,54,56,63)(H,55,60,64). The van der Waals surface area contributed by atoms with Crippen molar-refractivity contribution in [2.24, 2.45) is 0 Å². The van der Waals surface area contributed by atoms with Crippen molar-refractivity contribution in [1.29, 1.82) is 0 Å². The number of ether oxygens (including phenoxy) is 4. The number of fused-ring (bicyclic) bond motifs is 1. The summed E-state index contributed by atoms with van der Waals surface area (Å²) >= 11 is 1.25. The third-order valence-corrected chi connectivity index (χ3v) is 12.6. The number of aromatic nitrogens is 2. The number of thiazole rings is 1. The molecular formula is C49H60N10O12S. The van der Waals surface area contributed by atoms with Crippen molar-refractivity contribution < 1.29 is 57.6 Å². The zero-order chi connectivity index (χ0) is 50.8. The number of nitrogens with zero attached hydrogens (tertiary/aromatic N) is 5. The summed E-state index contributed by atoms with van der Waals surface area (Å²) in [5, 5.41) is 26.7. The molecule has 5 heterocycles. The SMILES string of the molecule is CN1CCN(C(=O)c2cc(OCC(O)NCCOCCOCCOCC(=O)NCCCCCNc3cccc4c3C(=O)N(C3CCC(=O)NC3=O)C4=O)cc(C(=O)Nc3nc(-c4ccccn4)cs3)c2)CC1. The van der Waals surface area contributed by atoms with E-state index in [0.717, 1.165) is 37.3 Å². The van der Waals surface area contributed by atoms with Crippen LogP contribution in [0.3, 0.4) is 0 Å². The Balaban J connectivity index is 0.712. The first-order valence-electron chi connectivity index (χ1n) is 23.9. The molecule has 0 radical (unpaired) electrons. The van der Waals surface area contributed by atoms with E-state index in [1.54, 1.807) is 40.7 Å². The Hall–Kier alpha value is -6.73. The predicted octanol–water partition coefficient (Wildman–Crippen LogP) is 1.98. The fourth-order valence-electron chi connectivity index (χ4n) is 7.99. The second-order valence-corrected chi connectivity index (χ2v) is 18.0. The van der Waals surface area contributed by atoms with Crippen LogP contribution in [0.1, 0.15) is 73.5 Å². The molecule has 3 aliphatic heterocycles. The summed E-state index contributed by atoms with van der Waals surface area (Å²) in [7, 11) is 2.00. The van der Waals surface area contributed by atoms with Crippen LogP contribution in [-0.2, 0) is 28.6 Å². The van der Waals surface area contributed by atoms with Crippen LogP contribution in [0.5, 0.6) is 5.75 Å². The van der Waals surface area contributed by atoms with Gasteiger partial charge in [0.25, 0.3) is 23.6 Å². The molecular weight excluding hydrogens is 953 g/mol. The molecule has 0 bridgehead atoms. The first-order valence-corrected chi connectivity index (χ1v) is 24.8. The van der Waals surface area contributed by atoms with Crippen molar-refractivity contribution in [1.82, 2.24) is 40.6 Å². The molecule has 22 nitrogen and oxygen atoms in total. The normalized spacial score (nSPS) is 16.3. The monoisotopic (exact) mass is 1010 g/mol. The van der Waals surface area contributed by atoms with Gasteiger partial charge in [0, 0.05) is 80.6 Å². The highest BCUT2D eigenvalue weighted by atomic mass is 32.1. The van der Waals surface area contributed by atoms with Gasteiger partial charge in [0.05, 0.1) is 49.9 Å². The van der Waals surface area contributed by atoms with E-state index >= 15 is 0 Å². The Kier molecular flexibility index (Phi) is 19.6. The summed E-state index contributed by atoms with van der Waals surface area (Å²) in [6.45, 7) is 4.91. The molecule has 7 amide bonds. The number of hydrogen-bond acceptors (Lipinski definition) is 18. The lowest BCUT2D eigenvalue weighted by atomic mass is 10.0. The summed E-state index contributed by atoms with van der Waals surface area (Å²) in [5.41, 5.74) is 2.71. The molecule has 2 aromatic heterocycles. The Labute approximate surface area is 420 Å². The first-order chi connectivity index (χ1) is 34.9. The van der Waals surface area contributed by atoms with Gasteiger partial charge in [-0.1, -0.05) is 12.1 Å². The topological polar surface area (TPSA) is 272 Å². The molecule has 384 valence electrons. The summed E-state index contributed by atoms with van der Waals surface area (Å²) in [4.78, 5) is 103. The van der Waals surface area contributed by atoms with Crippen LogP contribution in [0.2, 0.25) is 0 Å². The van der Waals surface area contributed by atoms with E-state index in [0.29, 0.717) is 68.1 Å². The summed E-state index contributed by atoms with van der Waals surface area (Å²) in [6.07, 6.45) is 2.96. The molecule has 2 fully saturated rings. The molecule has 72 heavy (non-hydrogen) atoms. The van der Waals surface area contributed by atoms with Gasteiger partial charge >= 0.3 is 0 Å². The lowest BCUT2D eigenvalue weighted by molar-refractivity contribution is -0.136. The first kappa shape index (κ1) is 53.1. The van der Waals surface area contributed by atoms with Gasteiger partial charge in [-0.05, 0) is 75.2 Å². The molecule has 2 saturated heterocycles. The number of carbonyl (C=O) groups excluding carboxylic acids is 7. The molecule has 6 N–H and O–H groups in total. The number of amides is 7. The second kappa shape index (κ2) is 26.6. The summed E-state index contributed by atoms with van der Waals surface area (Å²) < 4.78 is 22.4. The van der Waals surface area contributed by atoms with E-state index in [2.05, 4.69) is 41.5 Å². The van der Waals surface area contributed by atoms with E-state index < -0.39 is 41.8 Å². The number of likely N-dealkylation sites (N-methyl/N-ethyl adjacent to an activating group) is 1. The van der Waals surface area contributed by atoms with Crippen molar-refractivity contribution in [2.45, 2.75) is 44.4 Å². The minimum atomic E-state index is -1.08. The van der Waals surface area contributed by atoms with E-state index in [1.165, 1.54) is 23.5 Å². The van der Waals surface area contributed by atoms with E-state index in [-0.39, 0.29) is 85.7 Å². The van der Waals surface area contributed by atoms with Crippen LogP contribution in [0.25, 0.3) is 11.4 Å². The maximum absolute atomic E-state index is 13.6. The zero-order valence-electron chi connectivity index (χ0n) is 40.0. The Morgan fingerprint density at radius 1 is 0.847 bits per heavy atom. The number of hydrogen-bond donors (Lipinski definition) is 6. The zero-order valence-corrected chi connectivity index (χ0v) is 40.8. The van der Waals surface area contributed by atoms with Crippen LogP contribution in [0.4, 0.5) is 10.8 Å². The quantitative estimate of drug-likeness (QED) is 0.0283. The third kappa shape index (κ3) is 14.9. The third-order valence-electron chi connectivity index (χ3n) is 11.8. The minimum absolute atomic E-state index is 0.0493. The van der Waals surface area contributed by atoms with E-state index in [4.69, 9.17) is 18.9 Å². The fraction of sp³-hybridized carbons (Fsp3) is 0.449. The van der Waals surface area contributed by atoms with Crippen molar-refractivity contribution in [2.75, 3.05) is 110 Å². The van der Waals surface area contributed by atoms with Gasteiger partial charge in [0.15, 0.2) is 5.13 Å². The minimum Gasteiger partial charge on any atom is -0.489 e. The van der Waals surface area contributed by atoms with Gasteiger partial charge in [-0.2, -0.15) is 0 Å². The summed E-state index contributed by atoms with van der Waals surface area (Å²) in [5.74, 6) is -2.92. The van der Waals surface area contributed by atoms with Gasteiger partial charge in [-0.15, -0.1) is 11.3 Å². The Morgan fingerprint density at radius 3 is 2.39 bits per heavy atom. The molecule has 2 atom stereocenters. The second-order valence-electron chi connectivity index (χ2n) is 17.1. The van der Waals surface area contributed by atoms with Crippen molar-refractivity contribution in [3.05, 3.63) is 88.4 Å². The van der Waals surface area contributed by atoms with E-state index in [1.807, 2.05) is 25.2 Å². The Morgan fingerprint density at radius 2 is 1.61 bits per heavy atom. The van der Waals surface area contributed by atoms with E-state index in [9.17, 15) is 38.7 Å². The van der Waals surface area contributed by atoms with Crippen LogP contribution in [0, 0.1) is 0 Å². The van der Waals surface area contributed by atoms with Gasteiger partial charge in [-0.3, -0.25) is 59.4 Å². The maximum Gasteiger partial charge on any atom is 0.264 e. The molecule has 2 aromatic carbocycles. The largest absolute Gasteiger partial charge is 0.489 e. The number of pyridine rings is 1. The molecule has 7 rings (SSSR count). The number of rotatable bonds is 27. The predicted molar refractivity (Wildman–Crippen MR) is 264 cm³/mol. The lowest BCUT2D eigenvalue weighted by Gasteiger charge is -2.32. The smallest absolute Gasteiger partial charge is 0.264 e. The molecule has 2 unspecified atom stereocenters. The highest BCUT2D eigenvalue weighted by Crippen LogP contribution is 2.32.